The fourth-order valence-electron chi connectivity index (χ4n) is 1.46. The van der Waals surface area contributed by atoms with E-state index in [-0.39, 0.29) is 12.2 Å². The van der Waals surface area contributed by atoms with Gasteiger partial charge in [-0.25, -0.2) is 4.39 Å². The Morgan fingerprint density at radius 2 is 2.05 bits per heavy atom. The number of halogens is 4. The van der Waals surface area contributed by atoms with Crippen LogP contribution < -0.4 is 0 Å². The van der Waals surface area contributed by atoms with Crippen molar-refractivity contribution in [3.63, 3.8) is 0 Å². The van der Waals surface area contributed by atoms with E-state index in [1.807, 2.05) is 0 Å². The van der Waals surface area contributed by atoms with Gasteiger partial charge in [0.05, 0.1) is 24.7 Å². The highest BCUT2D eigenvalue weighted by Crippen LogP contribution is 2.33. The molecule has 0 amide bonds. The number of rotatable bonds is 4. The van der Waals surface area contributed by atoms with E-state index in [9.17, 15) is 27.5 Å². The molecule has 0 spiro atoms. The van der Waals surface area contributed by atoms with Crippen LogP contribution in [0.4, 0.5) is 17.6 Å². The molecule has 1 N–H and O–H groups in total. The Morgan fingerprint density at radius 1 is 1.42 bits per heavy atom. The first kappa shape index (κ1) is 15.4. The molecule has 1 unspecified atom stereocenters. The molecule has 0 aromatic heterocycles. The SMILES string of the molecule is CCOC(=O)CC(O)c1ccc(F)c(C(F)(F)F)c1. The van der Waals surface area contributed by atoms with Crippen molar-refractivity contribution in [1.82, 2.24) is 0 Å². The van der Waals surface area contributed by atoms with Crippen molar-refractivity contribution in [2.45, 2.75) is 25.6 Å². The molecule has 1 aromatic rings. The number of carbonyl (C=O) groups excluding carboxylic acids is 1. The fourth-order valence-corrected chi connectivity index (χ4v) is 1.46. The first-order valence-electron chi connectivity index (χ1n) is 5.46. The van der Waals surface area contributed by atoms with Crippen molar-refractivity contribution < 1.29 is 32.2 Å². The van der Waals surface area contributed by atoms with Gasteiger partial charge in [-0.15, -0.1) is 0 Å². The minimum atomic E-state index is -4.86. The predicted octanol–water partition coefficient (Wildman–Crippen LogP) is 2.83. The zero-order valence-electron chi connectivity index (χ0n) is 10.00. The Balaban J connectivity index is 2.93. The summed E-state index contributed by atoms with van der Waals surface area (Å²) >= 11 is 0. The topological polar surface area (TPSA) is 46.5 Å². The molecule has 0 fully saturated rings. The molecule has 0 aliphatic heterocycles. The standard InChI is InChI=1S/C12H12F4O3/c1-2-19-11(18)6-10(17)7-3-4-9(13)8(5-7)12(14,15)16/h3-5,10,17H,2,6H2,1H3. The van der Waals surface area contributed by atoms with Crippen LogP contribution in [0.5, 0.6) is 0 Å². The largest absolute Gasteiger partial charge is 0.466 e. The smallest absolute Gasteiger partial charge is 0.419 e. The number of esters is 1. The summed E-state index contributed by atoms with van der Waals surface area (Å²) in [6.45, 7) is 1.66. The van der Waals surface area contributed by atoms with E-state index >= 15 is 0 Å². The third-order valence-corrected chi connectivity index (χ3v) is 2.35. The van der Waals surface area contributed by atoms with Gasteiger partial charge in [0.2, 0.25) is 0 Å². The van der Waals surface area contributed by atoms with Crippen LogP contribution in [0.15, 0.2) is 18.2 Å². The molecule has 0 saturated heterocycles. The zero-order valence-corrected chi connectivity index (χ0v) is 10.00. The Kier molecular flexibility index (Phi) is 4.88. The van der Waals surface area contributed by atoms with Crippen LogP contribution in [0, 0.1) is 5.82 Å². The summed E-state index contributed by atoms with van der Waals surface area (Å²) in [5.41, 5.74) is -1.67. The van der Waals surface area contributed by atoms with Crippen molar-refractivity contribution in [2.75, 3.05) is 6.61 Å². The second kappa shape index (κ2) is 6.01. The molecule has 19 heavy (non-hydrogen) atoms. The van der Waals surface area contributed by atoms with Gasteiger partial charge < -0.3 is 9.84 Å². The molecule has 3 nitrogen and oxygen atoms in total. The lowest BCUT2D eigenvalue weighted by atomic mass is 10.0. The molecular formula is C12H12F4O3. The lowest BCUT2D eigenvalue weighted by Gasteiger charge is -2.13. The van der Waals surface area contributed by atoms with E-state index < -0.39 is 36.1 Å². The van der Waals surface area contributed by atoms with Gasteiger partial charge >= 0.3 is 12.1 Å². The van der Waals surface area contributed by atoms with Crippen LogP contribution in [0.25, 0.3) is 0 Å². The van der Waals surface area contributed by atoms with Gasteiger partial charge in [0.25, 0.3) is 0 Å². The lowest BCUT2D eigenvalue weighted by molar-refractivity contribution is -0.145. The monoisotopic (exact) mass is 280 g/mol. The molecule has 0 heterocycles. The van der Waals surface area contributed by atoms with E-state index in [2.05, 4.69) is 4.74 Å². The van der Waals surface area contributed by atoms with Gasteiger partial charge in [0.1, 0.15) is 5.82 Å². The Labute approximate surface area is 106 Å². The molecule has 0 aliphatic rings. The maximum absolute atomic E-state index is 13.0. The normalized spacial score (nSPS) is 13.2. The second-order valence-corrected chi connectivity index (χ2v) is 3.76. The van der Waals surface area contributed by atoms with Gasteiger partial charge in [-0.2, -0.15) is 13.2 Å². The third kappa shape index (κ3) is 4.20. The summed E-state index contributed by atoms with van der Waals surface area (Å²) in [5, 5.41) is 9.61. The highest BCUT2D eigenvalue weighted by Gasteiger charge is 2.34. The summed E-state index contributed by atoms with van der Waals surface area (Å²) in [4.78, 5) is 11.1. The molecule has 1 rings (SSSR count). The first-order chi connectivity index (χ1) is 8.75. The van der Waals surface area contributed by atoms with E-state index in [4.69, 9.17) is 0 Å². The Bertz CT molecular complexity index is 457. The first-order valence-corrected chi connectivity index (χ1v) is 5.46. The molecule has 7 heteroatoms. The third-order valence-electron chi connectivity index (χ3n) is 2.35. The maximum Gasteiger partial charge on any atom is 0.419 e. The number of aliphatic hydroxyl groups excluding tert-OH is 1. The highest BCUT2D eigenvalue weighted by atomic mass is 19.4. The molecule has 1 atom stereocenters. The fraction of sp³-hybridized carbons (Fsp3) is 0.417. The highest BCUT2D eigenvalue weighted by molar-refractivity contribution is 5.70. The second-order valence-electron chi connectivity index (χ2n) is 3.76. The molecule has 1 aromatic carbocycles. The Hall–Kier alpha value is -1.63. The van der Waals surface area contributed by atoms with E-state index in [1.54, 1.807) is 6.92 Å². The van der Waals surface area contributed by atoms with E-state index in [0.29, 0.717) is 12.1 Å². The molecule has 0 saturated carbocycles. The van der Waals surface area contributed by atoms with Crippen molar-refractivity contribution in [2.24, 2.45) is 0 Å². The number of ether oxygens (including phenoxy) is 1. The van der Waals surface area contributed by atoms with Crippen LogP contribution in [-0.4, -0.2) is 17.7 Å². The van der Waals surface area contributed by atoms with Crippen molar-refractivity contribution in [1.29, 1.82) is 0 Å². The van der Waals surface area contributed by atoms with Gasteiger partial charge in [-0.1, -0.05) is 6.07 Å². The summed E-state index contributed by atoms with van der Waals surface area (Å²) in [7, 11) is 0. The van der Waals surface area contributed by atoms with Crippen LogP contribution >= 0.6 is 0 Å². The minimum absolute atomic E-state index is 0.1000. The molecule has 106 valence electrons. The lowest BCUT2D eigenvalue weighted by Crippen LogP contribution is -2.13. The molecule has 0 bridgehead atoms. The van der Waals surface area contributed by atoms with Crippen molar-refractivity contribution >= 4 is 5.97 Å². The predicted molar refractivity (Wildman–Crippen MR) is 57.6 cm³/mol. The van der Waals surface area contributed by atoms with Gasteiger partial charge in [0.15, 0.2) is 0 Å². The van der Waals surface area contributed by atoms with Crippen LogP contribution in [0.3, 0.4) is 0 Å². The molecule has 0 radical (unpaired) electrons. The number of benzene rings is 1. The maximum atomic E-state index is 13.0. The van der Waals surface area contributed by atoms with Crippen molar-refractivity contribution in [3.05, 3.63) is 35.1 Å². The number of hydrogen-bond acceptors (Lipinski definition) is 3. The van der Waals surface area contributed by atoms with Crippen LogP contribution in [0.1, 0.15) is 30.6 Å². The number of alkyl halides is 3. The average Bonchev–Trinajstić information content (AvgIpc) is 2.27. The number of carbonyl (C=O) groups is 1. The molecular weight excluding hydrogens is 268 g/mol. The average molecular weight is 280 g/mol. The summed E-state index contributed by atoms with van der Waals surface area (Å²) in [6, 6.07) is 2.08. The summed E-state index contributed by atoms with van der Waals surface area (Å²) in [5.74, 6) is -2.17. The summed E-state index contributed by atoms with van der Waals surface area (Å²) in [6.07, 6.45) is -6.82. The zero-order chi connectivity index (χ0) is 14.6. The van der Waals surface area contributed by atoms with Gasteiger partial charge in [0, 0.05) is 0 Å². The van der Waals surface area contributed by atoms with Gasteiger partial charge in [-0.05, 0) is 24.6 Å². The van der Waals surface area contributed by atoms with Gasteiger partial charge in [-0.3, -0.25) is 4.79 Å². The van der Waals surface area contributed by atoms with E-state index in [1.165, 1.54) is 0 Å². The molecule has 0 aliphatic carbocycles. The van der Waals surface area contributed by atoms with Crippen LogP contribution in [0.2, 0.25) is 0 Å². The summed E-state index contributed by atoms with van der Waals surface area (Å²) < 4.78 is 55.0. The minimum Gasteiger partial charge on any atom is -0.466 e. The quantitative estimate of drug-likeness (QED) is 0.681. The van der Waals surface area contributed by atoms with E-state index in [0.717, 1.165) is 6.07 Å². The number of hydrogen-bond donors (Lipinski definition) is 1. The van der Waals surface area contributed by atoms with Crippen molar-refractivity contribution in [3.8, 4) is 0 Å². The number of aliphatic hydroxyl groups is 1. The van der Waals surface area contributed by atoms with Crippen LogP contribution in [-0.2, 0) is 15.7 Å². The Morgan fingerprint density at radius 3 is 2.58 bits per heavy atom.